The van der Waals surface area contributed by atoms with E-state index in [1.54, 1.807) is 36.4 Å². The molecule has 2 aromatic rings. The molecule has 21 heavy (non-hydrogen) atoms. The molecule has 2 N–H and O–H groups in total. The Morgan fingerprint density at radius 3 is 2.00 bits per heavy atom. The second-order valence-electron chi connectivity index (χ2n) is 4.42. The maximum Gasteiger partial charge on any atom is 0.273 e. The Morgan fingerprint density at radius 2 is 1.38 bits per heavy atom. The Kier molecular flexibility index (Phi) is 4.56. The maximum atomic E-state index is 12.0. The minimum absolute atomic E-state index is 0.352. The molecule has 0 bridgehead atoms. The first-order chi connectivity index (χ1) is 10.1. The molecule has 0 fully saturated rings. The van der Waals surface area contributed by atoms with E-state index in [-0.39, 0.29) is 5.91 Å². The van der Waals surface area contributed by atoms with Crippen LogP contribution in [0.4, 0.5) is 0 Å². The Bertz CT molecular complexity index is 668. The number of hydrazine groups is 1. The minimum atomic E-state index is -0.436. The number of ether oxygens (including phenoxy) is 1. The molecule has 0 atom stereocenters. The standard InChI is InChI=1S/C16H16N2O3/c1-11-7-3-4-8-12(11)15(19)17-18-16(20)13-9-5-6-10-14(13)21-2/h3-10H,1-2H3,(H,17,19)(H,18,20). The third-order valence-corrected chi connectivity index (χ3v) is 3.03. The van der Waals surface area contributed by atoms with Crippen molar-refractivity contribution in [2.75, 3.05) is 7.11 Å². The normalized spacial score (nSPS) is 9.81. The van der Waals surface area contributed by atoms with Gasteiger partial charge >= 0.3 is 0 Å². The number of para-hydroxylation sites is 1. The van der Waals surface area contributed by atoms with E-state index in [1.807, 2.05) is 19.1 Å². The van der Waals surface area contributed by atoms with Gasteiger partial charge < -0.3 is 4.74 Å². The predicted octanol–water partition coefficient (Wildman–Crippen LogP) is 2.08. The van der Waals surface area contributed by atoms with Crippen molar-refractivity contribution in [2.45, 2.75) is 6.92 Å². The minimum Gasteiger partial charge on any atom is -0.496 e. The number of carbonyl (C=O) groups excluding carboxylic acids is 2. The third-order valence-electron chi connectivity index (χ3n) is 3.03. The Labute approximate surface area is 122 Å². The summed E-state index contributed by atoms with van der Waals surface area (Å²) in [6.07, 6.45) is 0. The highest BCUT2D eigenvalue weighted by atomic mass is 16.5. The SMILES string of the molecule is COc1ccccc1C(=O)NNC(=O)c1ccccc1C. The van der Waals surface area contributed by atoms with E-state index in [4.69, 9.17) is 4.74 Å². The molecule has 0 aromatic heterocycles. The first-order valence-electron chi connectivity index (χ1n) is 6.43. The highest BCUT2D eigenvalue weighted by Crippen LogP contribution is 2.16. The van der Waals surface area contributed by atoms with Crippen molar-refractivity contribution in [2.24, 2.45) is 0 Å². The molecule has 2 amide bonds. The molecule has 108 valence electrons. The maximum absolute atomic E-state index is 12.0. The number of carbonyl (C=O) groups is 2. The zero-order valence-electron chi connectivity index (χ0n) is 11.8. The fraction of sp³-hybridized carbons (Fsp3) is 0.125. The van der Waals surface area contributed by atoms with Gasteiger partial charge in [0.1, 0.15) is 5.75 Å². The van der Waals surface area contributed by atoms with E-state index in [0.717, 1.165) is 5.56 Å². The van der Waals surface area contributed by atoms with Gasteiger partial charge in [-0.3, -0.25) is 20.4 Å². The number of aryl methyl sites for hydroxylation is 1. The van der Waals surface area contributed by atoms with Crippen LogP contribution in [-0.4, -0.2) is 18.9 Å². The average molecular weight is 284 g/mol. The smallest absolute Gasteiger partial charge is 0.273 e. The summed E-state index contributed by atoms with van der Waals surface area (Å²) < 4.78 is 5.10. The largest absolute Gasteiger partial charge is 0.496 e. The van der Waals surface area contributed by atoms with Crippen LogP contribution in [0.25, 0.3) is 0 Å². The van der Waals surface area contributed by atoms with Crippen LogP contribution in [0.5, 0.6) is 5.75 Å². The van der Waals surface area contributed by atoms with Crippen molar-refractivity contribution in [1.82, 2.24) is 10.9 Å². The average Bonchev–Trinajstić information content (AvgIpc) is 2.52. The summed E-state index contributed by atoms with van der Waals surface area (Å²) in [5, 5.41) is 0. The quantitative estimate of drug-likeness (QED) is 0.848. The molecule has 0 aliphatic rings. The fourth-order valence-electron chi connectivity index (χ4n) is 1.91. The molecule has 0 spiro atoms. The number of nitrogens with one attached hydrogen (secondary N) is 2. The second kappa shape index (κ2) is 6.56. The summed E-state index contributed by atoms with van der Waals surface area (Å²) in [6, 6.07) is 13.9. The summed E-state index contributed by atoms with van der Waals surface area (Å²) in [5.74, 6) is -0.356. The van der Waals surface area contributed by atoms with Crippen molar-refractivity contribution in [3.05, 3.63) is 65.2 Å². The molecule has 0 saturated heterocycles. The first-order valence-corrected chi connectivity index (χ1v) is 6.43. The molecule has 5 nitrogen and oxygen atoms in total. The summed E-state index contributed by atoms with van der Waals surface area (Å²) in [7, 11) is 1.48. The Hall–Kier alpha value is -2.82. The number of hydrogen-bond acceptors (Lipinski definition) is 3. The van der Waals surface area contributed by atoms with Gasteiger partial charge in [0, 0.05) is 5.56 Å². The van der Waals surface area contributed by atoms with Gasteiger partial charge in [-0.25, -0.2) is 0 Å². The van der Waals surface area contributed by atoms with Gasteiger partial charge in [0.2, 0.25) is 0 Å². The molecular formula is C16H16N2O3. The van der Waals surface area contributed by atoms with E-state index < -0.39 is 5.91 Å². The van der Waals surface area contributed by atoms with Gasteiger partial charge in [-0.15, -0.1) is 0 Å². The molecule has 0 unspecified atom stereocenters. The molecule has 0 saturated carbocycles. The molecule has 5 heteroatoms. The Morgan fingerprint density at radius 1 is 0.857 bits per heavy atom. The monoisotopic (exact) mass is 284 g/mol. The zero-order chi connectivity index (χ0) is 15.2. The van der Waals surface area contributed by atoms with Gasteiger partial charge in [-0.05, 0) is 30.7 Å². The molecule has 0 aliphatic heterocycles. The van der Waals surface area contributed by atoms with E-state index in [2.05, 4.69) is 10.9 Å². The molecule has 0 radical (unpaired) electrons. The van der Waals surface area contributed by atoms with Crippen LogP contribution in [-0.2, 0) is 0 Å². The van der Waals surface area contributed by atoms with Crippen molar-refractivity contribution < 1.29 is 14.3 Å². The molecule has 2 aromatic carbocycles. The van der Waals surface area contributed by atoms with Crippen molar-refractivity contribution >= 4 is 11.8 Å². The lowest BCUT2D eigenvalue weighted by Crippen LogP contribution is -2.42. The van der Waals surface area contributed by atoms with Crippen LogP contribution in [0.3, 0.4) is 0 Å². The molecule has 2 rings (SSSR count). The zero-order valence-corrected chi connectivity index (χ0v) is 11.8. The highest BCUT2D eigenvalue weighted by Gasteiger charge is 2.13. The predicted molar refractivity (Wildman–Crippen MR) is 79.1 cm³/mol. The lowest BCUT2D eigenvalue weighted by molar-refractivity contribution is 0.0844. The van der Waals surface area contributed by atoms with E-state index in [1.165, 1.54) is 7.11 Å². The van der Waals surface area contributed by atoms with Crippen LogP contribution in [0, 0.1) is 6.92 Å². The second-order valence-corrected chi connectivity index (χ2v) is 4.42. The van der Waals surface area contributed by atoms with Crippen molar-refractivity contribution in [1.29, 1.82) is 0 Å². The first kappa shape index (κ1) is 14.6. The molecular weight excluding hydrogens is 268 g/mol. The summed E-state index contributed by atoms with van der Waals surface area (Å²) in [5.41, 5.74) is 6.47. The van der Waals surface area contributed by atoms with E-state index in [0.29, 0.717) is 16.9 Å². The van der Waals surface area contributed by atoms with Gasteiger partial charge in [0.05, 0.1) is 12.7 Å². The number of rotatable bonds is 3. The topological polar surface area (TPSA) is 67.4 Å². The summed E-state index contributed by atoms with van der Waals surface area (Å²) in [4.78, 5) is 24.0. The van der Waals surface area contributed by atoms with Gasteiger partial charge in [-0.1, -0.05) is 30.3 Å². The Balaban J connectivity index is 2.05. The summed E-state index contributed by atoms with van der Waals surface area (Å²) in [6.45, 7) is 1.83. The summed E-state index contributed by atoms with van der Waals surface area (Å²) >= 11 is 0. The van der Waals surface area contributed by atoms with Crippen LogP contribution in [0.15, 0.2) is 48.5 Å². The van der Waals surface area contributed by atoms with Gasteiger partial charge in [-0.2, -0.15) is 0 Å². The number of amides is 2. The van der Waals surface area contributed by atoms with Crippen LogP contribution >= 0.6 is 0 Å². The van der Waals surface area contributed by atoms with Gasteiger partial charge in [0.15, 0.2) is 0 Å². The fourth-order valence-corrected chi connectivity index (χ4v) is 1.91. The number of methoxy groups -OCH3 is 1. The van der Waals surface area contributed by atoms with Gasteiger partial charge in [0.25, 0.3) is 11.8 Å². The van der Waals surface area contributed by atoms with Crippen LogP contribution < -0.4 is 15.6 Å². The van der Waals surface area contributed by atoms with E-state index >= 15 is 0 Å². The third kappa shape index (κ3) is 3.39. The lowest BCUT2D eigenvalue weighted by atomic mass is 10.1. The van der Waals surface area contributed by atoms with E-state index in [9.17, 15) is 9.59 Å². The highest BCUT2D eigenvalue weighted by molar-refractivity contribution is 6.00. The number of benzene rings is 2. The van der Waals surface area contributed by atoms with Crippen molar-refractivity contribution in [3.63, 3.8) is 0 Å². The van der Waals surface area contributed by atoms with Crippen LogP contribution in [0.1, 0.15) is 26.3 Å². The molecule has 0 aliphatic carbocycles. The lowest BCUT2D eigenvalue weighted by Gasteiger charge is -2.11. The van der Waals surface area contributed by atoms with Crippen molar-refractivity contribution in [3.8, 4) is 5.75 Å². The number of hydrogen-bond donors (Lipinski definition) is 2. The van der Waals surface area contributed by atoms with Crippen LogP contribution in [0.2, 0.25) is 0 Å². The molecule has 0 heterocycles.